The van der Waals surface area contributed by atoms with Crippen molar-refractivity contribution in [2.45, 2.75) is 0 Å². The lowest BCUT2D eigenvalue weighted by Crippen LogP contribution is -1.99. The standard InChI is InChI=1S/C9H6N2OS/c12-9-10-7-5-3-1-2-4-6(5)13-8(7)11-9/h1-4H,(H2,10,11,12). The summed E-state index contributed by atoms with van der Waals surface area (Å²) in [5, 5.41) is 1.11. The van der Waals surface area contributed by atoms with Crippen molar-refractivity contribution in [3.05, 3.63) is 34.7 Å². The van der Waals surface area contributed by atoms with Crippen molar-refractivity contribution < 1.29 is 0 Å². The summed E-state index contributed by atoms with van der Waals surface area (Å²) in [6.07, 6.45) is 0. The Morgan fingerprint density at radius 3 is 2.92 bits per heavy atom. The number of aromatic amines is 2. The van der Waals surface area contributed by atoms with Crippen LogP contribution in [0.4, 0.5) is 0 Å². The molecule has 0 aliphatic carbocycles. The van der Waals surface area contributed by atoms with Crippen molar-refractivity contribution in [1.29, 1.82) is 0 Å². The van der Waals surface area contributed by atoms with E-state index in [-0.39, 0.29) is 5.69 Å². The van der Waals surface area contributed by atoms with E-state index < -0.39 is 0 Å². The zero-order valence-electron chi connectivity index (χ0n) is 6.63. The molecule has 13 heavy (non-hydrogen) atoms. The maximum Gasteiger partial charge on any atom is 0.324 e. The van der Waals surface area contributed by atoms with Crippen molar-refractivity contribution in [3.8, 4) is 0 Å². The molecular formula is C9H6N2OS. The minimum absolute atomic E-state index is 0.132. The number of nitrogens with one attached hydrogen (secondary N) is 2. The SMILES string of the molecule is O=c1[nH]c2sc3ccccc3c2[nH]1. The Labute approximate surface area is 77.0 Å². The van der Waals surface area contributed by atoms with Gasteiger partial charge >= 0.3 is 5.69 Å². The van der Waals surface area contributed by atoms with Crippen LogP contribution < -0.4 is 5.69 Å². The molecule has 0 bridgehead atoms. The summed E-state index contributed by atoms with van der Waals surface area (Å²) < 4.78 is 1.19. The molecule has 0 fully saturated rings. The van der Waals surface area contributed by atoms with Crippen LogP contribution in [0.5, 0.6) is 0 Å². The average molecular weight is 190 g/mol. The van der Waals surface area contributed by atoms with Gasteiger partial charge < -0.3 is 4.98 Å². The van der Waals surface area contributed by atoms with Gasteiger partial charge in [-0.05, 0) is 6.07 Å². The molecule has 0 unspecified atom stereocenters. The normalized spacial score (nSPS) is 11.4. The van der Waals surface area contributed by atoms with Crippen LogP contribution in [-0.4, -0.2) is 9.97 Å². The molecule has 0 atom stereocenters. The predicted octanol–water partition coefficient (Wildman–Crippen LogP) is 2.07. The van der Waals surface area contributed by atoms with E-state index in [1.807, 2.05) is 24.3 Å². The zero-order chi connectivity index (χ0) is 8.84. The average Bonchev–Trinajstić information content (AvgIpc) is 2.60. The number of imidazole rings is 1. The van der Waals surface area contributed by atoms with E-state index in [9.17, 15) is 4.79 Å². The van der Waals surface area contributed by atoms with Gasteiger partial charge in [0.1, 0.15) is 4.83 Å². The van der Waals surface area contributed by atoms with Gasteiger partial charge in [-0.1, -0.05) is 18.2 Å². The first-order valence-corrected chi connectivity index (χ1v) is 4.76. The lowest BCUT2D eigenvalue weighted by Gasteiger charge is -1.84. The second-order valence-electron chi connectivity index (χ2n) is 2.88. The summed E-state index contributed by atoms with van der Waals surface area (Å²) in [5.74, 6) is 0. The molecule has 0 aliphatic rings. The number of hydrogen-bond acceptors (Lipinski definition) is 2. The Bertz CT molecular complexity index is 631. The van der Waals surface area contributed by atoms with Crippen LogP contribution in [0.15, 0.2) is 29.1 Å². The number of thiophene rings is 1. The third-order valence-corrected chi connectivity index (χ3v) is 3.15. The third kappa shape index (κ3) is 0.860. The van der Waals surface area contributed by atoms with E-state index >= 15 is 0 Å². The number of benzene rings is 1. The van der Waals surface area contributed by atoms with E-state index in [0.29, 0.717) is 0 Å². The maximum atomic E-state index is 11.0. The van der Waals surface area contributed by atoms with Gasteiger partial charge in [-0.2, -0.15) is 0 Å². The topological polar surface area (TPSA) is 48.6 Å². The Balaban J connectivity index is 2.67. The molecule has 3 nitrogen and oxygen atoms in total. The molecule has 1 aromatic carbocycles. The maximum absolute atomic E-state index is 11.0. The van der Waals surface area contributed by atoms with E-state index in [1.54, 1.807) is 11.3 Å². The van der Waals surface area contributed by atoms with Crippen molar-refractivity contribution in [3.63, 3.8) is 0 Å². The van der Waals surface area contributed by atoms with Crippen LogP contribution in [0.3, 0.4) is 0 Å². The zero-order valence-corrected chi connectivity index (χ0v) is 7.44. The van der Waals surface area contributed by atoms with E-state index in [0.717, 1.165) is 15.7 Å². The van der Waals surface area contributed by atoms with Crippen molar-refractivity contribution >= 4 is 31.8 Å². The lowest BCUT2D eigenvalue weighted by molar-refractivity contribution is 1.22. The minimum atomic E-state index is -0.132. The van der Waals surface area contributed by atoms with Crippen LogP contribution in [0.1, 0.15) is 0 Å². The fraction of sp³-hybridized carbons (Fsp3) is 0. The van der Waals surface area contributed by atoms with E-state index in [2.05, 4.69) is 9.97 Å². The molecule has 0 aliphatic heterocycles. The van der Waals surface area contributed by atoms with Crippen LogP contribution >= 0.6 is 11.3 Å². The van der Waals surface area contributed by atoms with Crippen LogP contribution in [0.2, 0.25) is 0 Å². The lowest BCUT2D eigenvalue weighted by atomic mass is 10.2. The first kappa shape index (κ1) is 6.91. The highest BCUT2D eigenvalue weighted by atomic mass is 32.1. The molecule has 64 valence electrons. The Morgan fingerprint density at radius 1 is 1.15 bits per heavy atom. The number of hydrogen-bond donors (Lipinski definition) is 2. The molecule has 2 N–H and O–H groups in total. The van der Waals surface area contributed by atoms with Gasteiger partial charge in [0.05, 0.1) is 5.52 Å². The molecule has 0 spiro atoms. The quantitative estimate of drug-likeness (QED) is 0.560. The summed E-state index contributed by atoms with van der Waals surface area (Å²) in [7, 11) is 0. The second-order valence-corrected chi connectivity index (χ2v) is 3.93. The highest BCUT2D eigenvalue weighted by molar-refractivity contribution is 7.25. The van der Waals surface area contributed by atoms with Gasteiger partial charge in [-0.25, -0.2) is 4.79 Å². The summed E-state index contributed by atoms with van der Waals surface area (Å²) in [6.45, 7) is 0. The smallest absolute Gasteiger partial charge is 0.304 e. The first-order chi connectivity index (χ1) is 6.34. The minimum Gasteiger partial charge on any atom is -0.304 e. The molecule has 3 rings (SSSR count). The summed E-state index contributed by atoms with van der Waals surface area (Å²) >= 11 is 1.60. The van der Waals surface area contributed by atoms with Crippen LogP contribution in [0.25, 0.3) is 20.4 Å². The largest absolute Gasteiger partial charge is 0.324 e. The first-order valence-electron chi connectivity index (χ1n) is 3.94. The highest BCUT2D eigenvalue weighted by Gasteiger charge is 2.05. The van der Waals surface area contributed by atoms with Gasteiger partial charge in [0.25, 0.3) is 0 Å². The Kier molecular flexibility index (Phi) is 1.19. The third-order valence-electron chi connectivity index (χ3n) is 2.06. The second kappa shape index (κ2) is 2.23. The Hall–Kier alpha value is -1.55. The fourth-order valence-electron chi connectivity index (χ4n) is 1.51. The summed E-state index contributed by atoms with van der Waals surface area (Å²) in [5.41, 5.74) is 0.789. The van der Waals surface area contributed by atoms with Gasteiger partial charge in [0, 0.05) is 10.1 Å². The molecule has 4 heteroatoms. The van der Waals surface area contributed by atoms with Crippen molar-refractivity contribution in [1.82, 2.24) is 9.97 Å². The predicted molar refractivity (Wildman–Crippen MR) is 54.3 cm³/mol. The van der Waals surface area contributed by atoms with E-state index in [1.165, 1.54) is 4.70 Å². The molecule has 2 heterocycles. The van der Waals surface area contributed by atoms with Gasteiger partial charge in [-0.15, -0.1) is 11.3 Å². The molecule has 3 aromatic rings. The van der Waals surface area contributed by atoms with Gasteiger partial charge in [-0.3, -0.25) is 4.98 Å². The number of H-pyrrole nitrogens is 2. The number of fused-ring (bicyclic) bond motifs is 3. The number of aromatic nitrogens is 2. The molecule has 0 amide bonds. The molecule has 0 saturated carbocycles. The monoisotopic (exact) mass is 190 g/mol. The molecule has 2 aromatic heterocycles. The van der Waals surface area contributed by atoms with E-state index in [4.69, 9.17) is 0 Å². The summed E-state index contributed by atoms with van der Waals surface area (Å²) in [4.78, 5) is 17.4. The Morgan fingerprint density at radius 2 is 2.00 bits per heavy atom. The van der Waals surface area contributed by atoms with Gasteiger partial charge in [0.2, 0.25) is 0 Å². The highest BCUT2D eigenvalue weighted by Crippen LogP contribution is 2.29. The summed E-state index contributed by atoms with van der Waals surface area (Å²) in [6, 6.07) is 8.03. The molecular weight excluding hydrogens is 184 g/mol. The van der Waals surface area contributed by atoms with Crippen LogP contribution in [0, 0.1) is 0 Å². The molecule has 0 radical (unpaired) electrons. The fourth-order valence-corrected chi connectivity index (χ4v) is 2.56. The molecule has 0 saturated heterocycles. The van der Waals surface area contributed by atoms with Crippen molar-refractivity contribution in [2.24, 2.45) is 0 Å². The number of rotatable bonds is 0. The van der Waals surface area contributed by atoms with Crippen molar-refractivity contribution in [2.75, 3.05) is 0 Å². The van der Waals surface area contributed by atoms with Gasteiger partial charge in [0.15, 0.2) is 0 Å². The van der Waals surface area contributed by atoms with Crippen LogP contribution in [-0.2, 0) is 0 Å².